The third-order valence-corrected chi connectivity index (χ3v) is 8.20. The van der Waals surface area contributed by atoms with E-state index in [1.54, 1.807) is 29.6 Å². The maximum absolute atomic E-state index is 13.7. The second kappa shape index (κ2) is 12.8. The molecule has 0 aliphatic heterocycles. The Morgan fingerprint density at radius 2 is 1.73 bits per heavy atom. The second-order valence-electron chi connectivity index (χ2n) is 11.1. The van der Waals surface area contributed by atoms with E-state index in [1.165, 1.54) is 13.3 Å². The average molecular weight is 643 g/mol. The van der Waals surface area contributed by atoms with Gasteiger partial charge in [0.1, 0.15) is 22.8 Å². The van der Waals surface area contributed by atoms with Crippen LogP contribution in [0.4, 0.5) is 29.7 Å². The molecule has 6 rings (SSSR count). The molecule has 0 radical (unpaired) electrons. The van der Waals surface area contributed by atoms with Gasteiger partial charge >= 0.3 is 18.2 Å². The lowest BCUT2D eigenvalue weighted by Gasteiger charge is -2.36. The molecule has 16 heteroatoms. The zero-order valence-corrected chi connectivity index (χ0v) is 24.9. The summed E-state index contributed by atoms with van der Waals surface area (Å²) in [6.45, 7) is 0.613. The number of amides is 2. The van der Waals surface area contributed by atoms with Crippen LogP contribution < -0.4 is 20.3 Å². The number of aromatic nitrogens is 7. The van der Waals surface area contributed by atoms with Gasteiger partial charge in [-0.3, -0.25) is 10.00 Å². The number of aromatic amines is 1. The normalized spacial score (nSPS) is 18.3. The van der Waals surface area contributed by atoms with Gasteiger partial charge in [0.15, 0.2) is 0 Å². The van der Waals surface area contributed by atoms with Gasteiger partial charge in [-0.1, -0.05) is 11.6 Å². The van der Waals surface area contributed by atoms with Crippen LogP contribution in [0.15, 0.2) is 43.1 Å². The number of H-pyrrole nitrogens is 1. The molecule has 0 aromatic carbocycles. The summed E-state index contributed by atoms with van der Waals surface area (Å²) in [5.74, 6) is 1.07. The van der Waals surface area contributed by atoms with Crippen molar-refractivity contribution < 1.29 is 22.7 Å². The molecule has 2 aliphatic carbocycles. The second-order valence-corrected chi connectivity index (χ2v) is 11.5. The molecule has 2 amide bonds. The zero-order valence-electron chi connectivity index (χ0n) is 24.2. The highest BCUT2D eigenvalue weighted by Gasteiger charge is 2.37. The lowest BCUT2D eigenvalue weighted by atomic mass is 9.90. The van der Waals surface area contributed by atoms with E-state index < -0.39 is 11.7 Å². The summed E-state index contributed by atoms with van der Waals surface area (Å²) >= 11 is 6.06. The minimum Gasteiger partial charge on any atom is -0.467 e. The molecular weight excluding hydrogens is 613 g/mol. The first-order valence-corrected chi connectivity index (χ1v) is 14.9. The molecule has 4 aromatic rings. The van der Waals surface area contributed by atoms with Crippen molar-refractivity contribution >= 4 is 29.4 Å². The van der Waals surface area contributed by atoms with E-state index in [2.05, 4.69) is 45.8 Å². The molecule has 45 heavy (non-hydrogen) atoms. The Morgan fingerprint density at radius 3 is 2.33 bits per heavy atom. The van der Waals surface area contributed by atoms with Crippen molar-refractivity contribution in [2.24, 2.45) is 5.92 Å². The van der Waals surface area contributed by atoms with Crippen molar-refractivity contribution in [1.29, 1.82) is 0 Å². The number of pyridine rings is 1. The van der Waals surface area contributed by atoms with Gasteiger partial charge in [-0.15, -0.1) is 0 Å². The van der Waals surface area contributed by atoms with Crippen LogP contribution >= 0.6 is 11.6 Å². The molecule has 2 aliphatic rings. The Bertz CT molecular complexity index is 1620. The van der Waals surface area contributed by atoms with Crippen LogP contribution in [0.2, 0.25) is 5.02 Å². The van der Waals surface area contributed by atoms with E-state index in [0.29, 0.717) is 44.0 Å². The monoisotopic (exact) mass is 642 g/mol. The summed E-state index contributed by atoms with van der Waals surface area (Å²) in [5, 5.41) is 12.5. The van der Waals surface area contributed by atoms with Gasteiger partial charge in [0, 0.05) is 54.5 Å². The number of carbonyl (C=O) groups excluding carboxylic acids is 1. The van der Waals surface area contributed by atoms with Gasteiger partial charge in [-0.2, -0.15) is 18.3 Å². The van der Waals surface area contributed by atoms with Crippen LogP contribution in [0.1, 0.15) is 44.1 Å². The van der Waals surface area contributed by atoms with Crippen LogP contribution in [-0.2, 0) is 6.18 Å². The lowest BCUT2D eigenvalue weighted by Crippen LogP contribution is -2.49. The minimum absolute atomic E-state index is 0.0182. The number of rotatable bonds is 9. The van der Waals surface area contributed by atoms with Crippen molar-refractivity contribution in [3.8, 4) is 28.5 Å². The van der Waals surface area contributed by atoms with Gasteiger partial charge < -0.3 is 15.4 Å². The number of alkyl halides is 3. The number of halogens is 4. The number of nitrogens with one attached hydrogen (secondary N) is 3. The molecule has 4 aromatic heterocycles. The highest BCUT2D eigenvalue weighted by atomic mass is 35.5. The number of methoxy groups -OCH3 is 1. The SMILES string of the molecule is COc1ncc(-c2ccc(N(C(=O)NCC3CC3)C3CCC(Nc4ncc(C(F)(F)F)c(-c5[nH]ncc5Cl)n4)CC3)nc2)cn1. The van der Waals surface area contributed by atoms with E-state index in [0.717, 1.165) is 30.2 Å². The smallest absolute Gasteiger partial charge is 0.420 e. The molecule has 0 bridgehead atoms. The first kappa shape index (κ1) is 30.5. The maximum Gasteiger partial charge on any atom is 0.420 e. The summed E-state index contributed by atoms with van der Waals surface area (Å²) in [4.78, 5) is 36.2. The topological polar surface area (TPSA) is 147 Å². The van der Waals surface area contributed by atoms with E-state index in [1.807, 2.05) is 6.07 Å². The molecule has 3 N–H and O–H groups in total. The fraction of sp³-hybridized carbons (Fsp3) is 0.414. The molecular formula is C29H30ClF3N10O2. The van der Waals surface area contributed by atoms with Crippen molar-refractivity contribution in [2.45, 2.75) is 56.8 Å². The van der Waals surface area contributed by atoms with Gasteiger partial charge in [0.2, 0.25) is 5.95 Å². The van der Waals surface area contributed by atoms with Gasteiger partial charge in [0.25, 0.3) is 0 Å². The number of anilines is 2. The largest absolute Gasteiger partial charge is 0.467 e. The van der Waals surface area contributed by atoms with Gasteiger partial charge in [-0.25, -0.2) is 29.7 Å². The molecule has 2 fully saturated rings. The van der Waals surface area contributed by atoms with Crippen LogP contribution in [0.5, 0.6) is 6.01 Å². The van der Waals surface area contributed by atoms with Gasteiger partial charge in [-0.05, 0) is 56.6 Å². The van der Waals surface area contributed by atoms with Crippen LogP contribution in [-0.4, -0.2) is 66.9 Å². The summed E-state index contributed by atoms with van der Waals surface area (Å²) < 4.78 is 46.1. The van der Waals surface area contributed by atoms with Crippen molar-refractivity contribution in [3.05, 3.63) is 53.7 Å². The Hall–Kier alpha value is -4.53. The molecule has 0 unspecified atom stereocenters. The molecule has 0 atom stereocenters. The Balaban J connectivity index is 1.16. The van der Waals surface area contributed by atoms with Crippen LogP contribution in [0, 0.1) is 5.92 Å². The average Bonchev–Trinajstić information content (AvgIpc) is 3.78. The molecule has 236 valence electrons. The van der Waals surface area contributed by atoms with E-state index in [4.69, 9.17) is 16.3 Å². The predicted molar refractivity (Wildman–Crippen MR) is 160 cm³/mol. The van der Waals surface area contributed by atoms with E-state index >= 15 is 0 Å². The molecule has 0 saturated heterocycles. The van der Waals surface area contributed by atoms with Crippen molar-refractivity contribution in [1.82, 2.24) is 40.4 Å². The minimum atomic E-state index is -4.68. The number of nitrogens with zero attached hydrogens (tertiary/aromatic N) is 7. The first-order chi connectivity index (χ1) is 21.7. The third-order valence-electron chi connectivity index (χ3n) is 7.92. The first-order valence-electron chi connectivity index (χ1n) is 14.5. The third kappa shape index (κ3) is 7.08. The summed E-state index contributed by atoms with van der Waals surface area (Å²) in [6.07, 6.45) is 6.97. The van der Waals surface area contributed by atoms with Crippen molar-refractivity contribution in [3.63, 3.8) is 0 Å². The number of urea groups is 1. The summed E-state index contributed by atoms with van der Waals surface area (Å²) in [7, 11) is 1.50. The fourth-order valence-electron chi connectivity index (χ4n) is 5.31. The highest BCUT2D eigenvalue weighted by molar-refractivity contribution is 6.32. The Labute approximate surface area is 261 Å². The number of hydrogen-bond acceptors (Lipinski definition) is 9. The standard InChI is InChI=1S/C29H30ClF3N10O2/c1-45-27-36-12-18(13-37-27)17-4-9-23(34-11-17)43(28(44)38-10-16-2-3-16)20-7-5-19(6-8-20)40-26-35-14-21(29(31,32)33)24(41-26)25-22(30)15-39-42-25/h4,9,11-16,19-20H,2-3,5-8,10H2,1H3,(H,38,44)(H,39,42)(H,35,40,41). The quantitative estimate of drug-likeness (QED) is 0.208. The summed E-state index contributed by atoms with van der Waals surface area (Å²) in [6, 6.07) is 3.46. The highest BCUT2D eigenvalue weighted by Crippen LogP contribution is 2.38. The van der Waals surface area contributed by atoms with Gasteiger partial charge in [0.05, 0.1) is 18.3 Å². The predicted octanol–water partition coefficient (Wildman–Crippen LogP) is 5.75. The van der Waals surface area contributed by atoms with E-state index in [-0.39, 0.29) is 46.5 Å². The zero-order chi connectivity index (χ0) is 31.6. The lowest BCUT2D eigenvalue weighted by molar-refractivity contribution is -0.137. The molecule has 0 spiro atoms. The van der Waals surface area contributed by atoms with E-state index in [9.17, 15) is 18.0 Å². The van der Waals surface area contributed by atoms with Crippen LogP contribution in [0.25, 0.3) is 22.5 Å². The fourth-order valence-corrected chi connectivity index (χ4v) is 5.49. The molecule has 2 saturated carbocycles. The Kier molecular flexibility index (Phi) is 8.70. The number of ether oxygens (including phenoxy) is 1. The van der Waals surface area contributed by atoms with Crippen molar-refractivity contribution in [2.75, 3.05) is 23.9 Å². The maximum atomic E-state index is 13.7. The number of hydrogen-bond donors (Lipinski definition) is 3. The van der Waals surface area contributed by atoms with Crippen LogP contribution in [0.3, 0.4) is 0 Å². The molecule has 4 heterocycles. The number of carbonyl (C=O) groups is 1. The Morgan fingerprint density at radius 1 is 1.00 bits per heavy atom. The summed E-state index contributed by atoms with van der Waals surface area (Å²) in [5.41, 5.74) is 0.109. The molecule has 12 nitrogen and oxygen atoms in total.